The molecule has 0 aromatic carbocycles. The van der Waals surface area contributed by atoms with Crippen LogP contribution in [0.2, 0.25) is 0 Å². The highest BCUT2D eigenvalue weighted by molar-refractivity contribution is 5.22. The molecule has 0 amide bonds. The first-order valence-corrected chi connectivity index (χ1v) is 8.02. The predicted octanol–water partition coefficient (Wildman–Crippen LogP) is 3.57. The van der Waals surface area contributed by atoms with Gasteiger partial charge in [-0.3, -0.25) is 0 Å². The second-order valence-electron chi connectivity index (χ2n) is 5.07. The number of hydrogen-bond acceptors (Lipinski definition) is 3. The van der Waals surface area contributed by atoms with Gasteiger partial charge in [0.15, 0.2) is 0 Å². The van der Waals surface area contributed by atoms with E-state index in [9.17, 15) is 0 Å². The first-order chi connectivity index (χ1) is 10.3. The van der Waals surface area contributed by atoms with Crippen LogP contribution in [-0.2, 0) is 4.74 Å². The number of hydrogen-bond donors (Lipinski definition) is 2. The van der Waals surface area contributed by atoms with Crippen LogP contribution >= 0.6 is 0 Å². The summed E-state index contributed by atoms with van der Waals surface area (Å²) >= 11 is 0. The standard InChI is InChI=1S/C18H30O3/c1-2-3-4-5-6-7-8-9-10-11-12-13-14-15-21-17-18(20)16-19/h10-11,14-15,18-20H,2-9,16-17H2,1H3. The molecule has 0 spiro atoms. The molecule has 120 valence electrons. The van der Waals surface area contributed by atoms with E-state index >= 15 is 0 Å². The van der Waals surface area contributed by atoms with E-state index in [0.29, 0.717) is 0 Å². The Labute approximate surface area is 129 Å². The summed E-state index contributed by atoms with van der Waals surface area (Å²) in [6, 6.07) is 0. The Balaban J connectivity index is 3.39. The molecule has 3 heteroatoms. The predicted molar refractivity (Wildman–Crippen MR) is 87.7 cm³/mol. The van der Waals surface area contributed by atoms with E-state index < -0.39 is 6.10 Å². The smallest absolute Gasteiger partial charge is 0.115 e. The minimum Gasteiger partial charge on any atom is -0.498 e. The van der Waals surface area contributed by atoms with E-state index in [4.69, 9.17) is 14.9 Å². The molecule has 3 nitrogen and oxygen atoms in total. The Morgan fingerprint density at radius 1 is 1.00 bits per heavy atom. The van der Waals surface area contributed by atoms with Gasteiger partial charge in [0.25, 0.3) is 0 Å². The topological polar surface area (TPSA) is 49.7 Å². The van der Waals surface area contributed by atoms with Gasteiger partial charge in [-0.05, 0) is 18.9 Å². The summed E-state index contributed by atoms with van der Waals surface area (Å²) in [5.41, 5.74) is 0. The molecule has 0 aromatic heterocycles. The molecule has 0 aliphatic carbocycles. The largest absolute Gasteiger partial charge is 0.498 e. The van der Waals surface area contributed by atoms with Crippen LogP contribution in [0.25, 0.3) is 0 Å². The maximum atomic E-state index is 9.01. The van der Waals surface area contributed by atoms with Crippen molar-refractivity contribution in [2.75, 3.05) is 13.2 Å². The third-order valence-corrected chi connectivity index (χ3v) is 3.01. The fourth-order valence-corrected chi connectivity index (χ4v) is 1.76. The number of ether oxygens (including phenoxy) is 1. The Morgan fingerprint density at radius 3 is 2.38 bits per heavy atom. The van der Waals surface area contributed by atoms with Gasteiger partial charge in [-0.2, -0.15) is 0 Å². The van der Waals surface area contributed by atoms with Crippen molar-refractivity contribution >= 4 is 0 Å². The minimum atomic E-state index is -0.829. The monoisotopic (exact) mass is 294 g/mol. The van der Waals surface area contributed by atoms with Crippen LogP contribution in [0.3, 0.4) is 0 Å². The Bertz CT molecular complexity index is 323. The first-order valence-electron chi connectivity index (χ1n) is 8.02. The van der Waals surface area contributed by atoms with Gasteiger partial charge in [0.05, 0.1) is 12.9 Å². The fourth-order valence-electron chi connectivity index (χ4n) is 1.76. The lowest BCUT2D eigenvalue weighted by atomic mass is 10.1. The van der Waals surface area contributed by atoms with E-state index in [0.717, 1.165) is 6.42 Å². The summed E-state index contributed by atoms with van der Waals surface area (Å²) in [4.78, 5) is 0. The first kappa shape index (κ1) is 19.8. The lowest BCUT2D eigenvalue weighted by molar-refractivity contribution is 0.0385. The van der Waals surface area contributed by atoms with Crippen molar-refractivity contribution in [1.29, 1.82) is 0 Å². The Hall–Kier alpha value is -1.24. The molecule has 0 aliphatic rings. The number of aliphatic hydroxyl groups is 2. The molecule has 0 rings (SSSR count). The summed E-state index contributed by atoms with van der Waals surface area (Å²) in [5.74, 6) is 5.71. The van der Waals surface area contributed by atoms with Crippen LogP contribution in [0.4, 0.5) is 0 Å². The highest BCUT2D eigenvalue weighted by Crippen LogP contribution is 2.08. The van der Waals surface area contributed by atoms with Crippen molar-refractivity contribution < 1.29 is 14.9 Å². The van der Waals surface area contributed by atoms with Crippen LogP contribution in [0.1, 0.15) is 58.3 Å². The number of aliphatic hydroxyl groups excluding tert-OH is 2. The normalized spacial score (nSPS) is 12.5. The average molecular weight is 294 g/mol. The van der Waals surface area contributed by atoms with Crippen LogP contribution in [0.15, 0.2) is 24.5 Å². The van der Waals surface area contributed by atoms with E-state index in [1.807, 2.05) is 6.08 Å². The molecule has 0 saturated heterocycles. The van der Waals surface area contributed by atoms with Gasteiger partial charge in [0.1, 0.15) is 12.7 Å². The van der Waals surface area contributed by atoms with Crippen molar-refractivity contribution in [3.05, 3.63) is 24.5 Å². The summed E-state index contributed by atoms with van der Waals surface area (Å²) in [6.45, 7) is 2.04. The third kappa shape index (κ3) is 16.7. The van der Waals surface area contributed by atoms with Crippen LogP contribution < -0.4 is 0 Å². The van der Waals surface area contributed by atoms with Crippen molar-refractivity contribution in [3.63, 3.8) is 0 Å². The summed E-state index contributed by atoms with van der Waals surface area (Å²) in [7, 11) is 0. The maximum Gasteiger partial charge on any atom is 0.115 e. The van der Waals surface area contributed by atoms with Crippen molar-refractivity contribution in [1.82, 2.24) is 0 Å². The molecule has 0 fully saturated rings. The van der Waals surface area contributed by atoms with E-state index in [2.05, 4.69) is 24.8 Å². The zero-order valence-corrected chi connectivity index (χ0v) is 13.3. The quantitative estimate of drug-likeness (QED) is 0.329. The van der Waals surface area contributed by atoms with Gasteiger partial charge < -0.3 is 14.9 Å². The second-order valence-corrected chi connectivity index (χ2v) is 5.07. The number of unbranched alkanes of at least 4 members (excludes halogenated alkanes) is 7. The lowest BCUT2D eigenvalue weighted by Gasteiger charge is -2.04. The highest BCUT2D eigenvalue weighted by Gasteiger charge is 1.98. The Morgan fingerprint density at radius 2 is 1.67 bits per heavy atom. The molecule has 1 unspecified atom stereocenters. The van der Waals surface area contributed by atoms with Crippen molar-refractivity contribution in [2.45, 2.75) is 64.4 Å². The molecule has 2 N–H and O–H groups in total. The van der Waals surface area contributed by atoms with Crippen molar-refractivity contribution in [2.24, 2.45) is 0 Å². The summed E-state index contributed by atoms with van der Waals surface area (Å²) in [5, 5.41) is 17.6. The molecule has 21 heavy (non-hydrogen) atoms. The minimum absolute atomic E-state index is 0.0861. The van der Waals surface area contributed by atoms with Gasteiger partial charge in [0.2, 0.25) is 0 Å². The molecule has 0 heterocycles. The van der Waals surface area contributed by atoms with Crippen LogP contribution in [0, 0.1) is 11.8 Å². The fraction of sp³-hybridized carbons (Fsp3) is 0.667. The zero-order chi connectivity index (χ0) is 15.6. The van der Waals surface area contributed by atoms with E-state index in [1.54, 1.807) is 6.08 Å². The van der Waals surface area contributed by atoms with Crippen LogP contribution in [-0.4, -0.2) is 29.5 Å². The molecule has 0 bridgehead atoms. The SMILES string of the molecule is CCCCCCCCCC=CC#CC=COCC(O)CO. The zero-order valence-electron chi connectivity index (χ0n) is 13.3. The Kier molecular flexibility index (Phi) is 15.8. The van der Waals surface area contributed by atoms with E-state index in [-0.39, 0.29) is 13.2 Å². The lowest BCUT2D eigenvalue weighted by Crippen LogP contribution is -2.17. The molecule has 1 atom stereocenters. The van der Waals surface area contributed by atoms with Gasteiger partial charge in [0, 0.05) is 6.08 Å². The molecular weight excluding hydrogens is 264 g/mol. The van der Waals surface area contributed by atoms with Crippen molar-refractivity contribution in [3.8, 4) is 11.8 Å². The van der Waals surface area contributed by atoms with Gasteiger partial charge >= 0.3 is 0 Å². The van der Waals surface area contributed by atoms with E-state index in [1.165, 1.54) is 51.2 Å². The van der Waals surface area contributed by atoms with Gasteiger partial charge in [-0.25, -0.2) is 0 Å². The van der Waals surface area contributed by atoms with Crippen LogP contribution in [0.5, 0.6) is 0 Å². The maximum absolute atomic E-state index is 9.01. The average Bonchev–Trinajstić information content (AvgIpc) is 2.50. The molecular formula is C18H30O3. The number of allylic oxidation sites excluding steroid dienone is 3. The van der Waals surface area contributed by atoms with Gasteiger partial charge in [-0.15, -0.1) is 0 Å². The summed E-state index contributed by atoms with van der Waals surface area (Å²) in [6.07, 6.45) is 16.5. The third-order valence-electron chi connectivity index (χ3n) is 3.01. The molecule has 0 radical (unpaired) electrons. The number of rotatable bonds is 12. The second kappa shape index (κ2) is 16.8. The molecule has 0 aliphatic heterocycles. The van der Waals surface area contributed by atoms with Gasteiger partial charge in [-0.1, -0.05) is 63.4 Å². The molecule has 0 aromatic rings. The highest BCUT2D eigenvalue weighted by atomic mass is 16.5. The summed E-state index contributed by atoms with van der Waals surface area (Å²) < 4.78 is 4.97. The molecule has 0 saturated carbocycles.